The summed E-state index contributed by atoms with van der Waals surface area (Å²) in [5, 5.41) is 3.52. The summed E-state index contributed by atoms with van der Waals surface area (Å²) >= 11 is 12.0. The van der Waals surface area contributed by atoms with Crippen LogP contribution < -0.4 is 5.32 Å². The van der Waals surface area contributed by atoms with Gasteiger partial charge in [0.05, 0.1) is 10.7 Å². The number of nitrogens with zero attached hydrogens (tertiary/aromatic N) is 2. The highest BCUT2D eigenvalue weighted by Crippen LogP contribution is 2.25. The van der Waals surface area contributed by atoms with Crippen molar-refractivity contribution in [1.82, 2.24) is 9.88 Å². The Morgan fingerprint density at radius 2 is 1.73 bits per heavy atom. The third-order valence-electron chi connectivity index (χ3n) is 4.31. The summed E-state index contributed by atoms with van der Waals surface area (Å²) < 4.78 is 0. The van der Waals surface area contributed by atoms with E-state index in [9.17, 15) is 9.59 Å². The van der Waals surface area contributed by atoms with E-state index in [1.165, 1.54) is 12.3 Å². The maximum absolute atomic E-state index is 12.7. The largest absolute Gasteiger partial charge is 0.339 e. The molecule has 26 heavy (non-hydrogen) atoms. The maximum atomic E-state index is 12.7. The molecular formula is C19H19Cl2N3O2. The van der Waals surface area contributed by atoms with Gasteiger partial charge in [0, 0.05) is 29.9 Å². The molecule has 0 atom stereocenters. The summed E-state index contributed by atoms with van der Waals surface area (Å²) in [4.78, 5) is 31.1. The van der Waals surface area contributed by atoms with Crippen LogP contribution in [0.15, 0.2) is 36.5 Å². The minimum absolute atomic E-state index is 0.0656. The molecule has 1 aliphatic heterocycles. The topological polar surface area (TPSA) is 62.3 Å². The Morgan fingerprint density at radius 1 is 1.00 bits per heavy atom. The fourth-order valence-electron chi connectivity index (χ4n) is 2.92. The first-order chi connectivity index (χ1) is 12.5. The number of rotatable bonds is 3. The van der Waals surface area contributed by atoms with Gasteiger partial charge in [-0.2, -0.15) is 0 Å². The summed E-state index contributed by atoms with van der Waals surface area (Å²) in [6.07, 6.45) is 5.79. The number of carbonyl (C=O) groups is 2. The van der Waals surface area contributed by atoms with Crippen LogP contribution in [-0.2, 0) is 0 Å². The maximum Gasteiger partial charge on any atom is 0.274 e. The molecule has 0 unspecified atom stereocenters. The van der Waals surface area contributed by atoms with Gasteiger partial charge in [-0.1, -0.05) is 36.0 Å². The Bertz CT molecular complexity index is 818. The van der Waals surface area contributed by atoms with Gasteiger partial charge in [0.2, 0.25) is 0 Å². The summed E-state index contributed by atoms with van der Waals surface area (Å²) in [5.74, 6) is -0.510. The molecule has 0 radical (unpaired) electrons. The van der Waals surface area contributed by atoms with Gasteiger partial charge in [0.25, 0.3) is 11.8 Å². The molecule has 1 aromatic carbocycles. The first-order valence-electron chi connectivity index (χ1n) is 8.56. The number of likely N-dealkylation sites (tertiary alicyclic amines) is 1. The molecule has 5 nitrogen and oxygen atoms in total. The van der Waals surface area contributed by atoms with Crippen molar-refractivity contribution >= 4 is 40.7 Å². The fourth-order valence-corrected chi connectivity index (χ4v) is 3.26. The predicted molar refractivity (Wildman–Crippen MR) is 103 cm³/mol. The second-order valence-corrected chi connectivity index (χ2v) is 7.06. The normalized spacial score (nSPS) is 14.6. The molecule has 1 fully saturated rings. The van der Waals surface area contributed by atoms with E-state index in [1.807, 2.05) is 4.90 Å². The average Bonchev–Trinajstić information content (AvgIpc) is 2.93. The number of nitrogens with one attached hydrogen (secondary N) is 1. The van der Waals surface area contributed by atoms with Crippen LogP contribution >= 0.6 is 23.2 Å². The molecule has 3 rings (SSSR count). The van der Waals surface area contributed by atoms with Crippen molar-refractivity contribution in [1.29, 1.82) is 0 Å². The molecule has 1 saturated heterocycles. The average molecular weight is 392 g/mol. The monoisotopic (exact) mass is 391 g/mol. The number of amides is 2. The molecule has 2 aromatic rings. The molecule has 0 spiro atoms. The summed E-state index contributed by atoms with van der Waals surface area (Å²) in [5.41, 5.74) is 1.01. The fraction of sp³-hybridized carbons (Fsp3) is 0.316. The standard InChI is InChI=1S/C19H19Cl2N3O2/c20-14-5-6-15(21)16(12-14)23-18(25)17-11-13(7-8-22-17)19(26)24-9-3-1-2-4-10-24/h5-8,11-12H,1-4,9-10H2,(H,23,25). The minimum Gasteiger partial charge on any atom is -0.339 e. The Labute approximate surface area is 162 Å². The van der Waals surface area contributed by atoms with Crippen LogP contribution in [0.25, 0.3) is 0 Å². The lowest BCUT2D eigenvalue weighted by atomic mass is 10.2. The van der Waals surface area contributed by atoms with E-state index in [0.29, 0.717) is 21.3 Å². The minimum atomic E-state index is -0.445. The second kappa shape index (κ2) is 8.52. The van der Waals surface area contributed by atoms with Gasteiger partial charge in [0.1, 0.15) is 5.69 Å². The number of benzene rings is 1. The number of hydrogen-bond acceptors (Lipinski definition) is 3. The third kappa shape index (κ3) is 4.54. The molecule has 2 amide bonds. The number of hydrogen-bond donors (Lipinski definition) is 1. The zero-order chi connectivity index (χ0) is 18.5. The van der Waals surface area contributed by atoms with Gasteiger partial charge in [-0.15, -0.1) is 0 Å². The van der Waals surface area contributed by atoms with E-state index in [2.05, 4.69) is 10.3 Å². The van der Waals surface area contributed by atoms with Crippen molar-refractivity contribution in [2.45, 2.75) is 25.7 Å². The van der Waals surface area contributed by atoms with Crippen LogP contribution in [0.5, 0.6) is 0 Å². The van der Waals surface area contributed by atoms with Crippen molar-refractivity contribution in [3.8, 4) is 0 Å². The van der Waals surface area contributed by atoms with E-state index in [4.69, 9.17) is 23.2 Å². The molecular weight excluding hydrogens is 373 g/mol. The Kier molecular flexibility index (Phi) is 6.12. The van der Waals surface area contributed by atoms with E-state index >= 15 is 0 Å². The Hall–Kier alpha value is -2.11. The number of anilines is 1. The van der Waals surface area contributed by atoms with E-state index in [1.54, 1.807) is 24.3 Å². The van der Waals surface area contributed by atoms with Crippen molar-refractivity contribution in [2.75, 3.05) is 18.4 Å². The highest BCUT2D eigenvalue weighted by Gasteiger charge is 2.19. The molecule has 0 bridgehead atoms. The molecule has 1 N–H and O–H groups in total. The molecule has 2 heterocycles. The van der Waals surface area contributed by atoms with E-state index in [0.717, 1.165) is 38.8 Å². The molecule has 7 heteroatoms. The van der Waals surface area contributed by atoms with Crippen LogP contribution in [0.1, 0.15) is 46.5 Å². The molecule has 0 saturated carbocycles. The first-order valence-corrected chi connectivity index (χ1v) is 9.32. The molecule has 1 aromatic heterocycles. The van der Waals surface area contributed by atoms with Crippen LogP contribution in [0.4, 0.5) is 5.69 Å². The van der Waals surface area contributed by atoms with Crippen molar-refractivity contribution in [3.63, 3.8) is 0 Å². The van der Waals surface area contributed by atoms with Gasteiger partial charge in [-0.05, 0) is 43.2 Å². The SMILES string of the molecule is O=C(Nc1cc(Cl)ccc1Cl)c1cc(C(=O)N2CCCCCC2)ccn1. The second-order valence-electron chi connectivity index (χ2n) is 6.21. The number of pyridine rings is 1. The van der Waals surface area contributed by atoms with Gasteiger partial charge < -0.3 is 10.2 Å². The van der Waals surface area contributed by atoms with Gasteiger partial charge in [-0.25, -0.2) is 0 Å². The van der Waals surface area contributed by atoms with Gasteiger partial charge >= 0.3 is 0 Å². The highest BCUT2D eigenvalue weighted by atomic mass is 35.5. The zero-order valence-electron chi connectivity index (χ0n) is 14.2. The van der Waals surface area contributed by atoms with Crippen molar-refractivity contribution in [3.05, 3.63) is 57.8 Å². The molecule has 136 valence electrons. The highest BCUT2D eigenvalue weighted by molar-refractivity contribution is 6.35. The number of aromatic nitrogens is 1. The van der Waals surface area contributed by atoms with Crippen molar-refractivity contribution in [2.24, 2.45) is 0 Å². The Balaban J connectivity index is 1.76. The lowest BCUT2D eigenvalue weighted by molar-refractivity contribution is 0.0761. The summed E-state index contributed by atoms with van der Waals surface area (Å²) in [6, 6.07) is 7.95. The Morgan fingerprint density at radius 3 is 2.46 bits per heavy atom. The smallest absolute Gasteiger partial charge is 0.274 e. The predicted octanol–water partition coefficient (Wildman–Crippen LogP) is 4.66. The van der Waals surface area contributed by atoms with E-state index < -0.39 is 5.91 Å². The quantitative estimate of drug-likeness (QED) is 0.827. The lowest BCUT2D eigenvalue weighted by Gasteiger charge is -2.20. The van der Waals surface area contributed by atoms with Crippen LogP contribution in [-0.4, -0.2) is 34.8 Å². The van der Waals surface area contributed by atoms with Crippen molar-refractivity contribution < 1.29 is 9.59 Å². The van der Waals surface area contributed by atoms with Crippen LogP contribution in [0, 0.1) is 0 Å². The van der Waals surface area contributed by atoms with Crippen LogP contribution in [0.3, 0.4) is 0 Å². The summed E-state index contributed by atoms with van der Waals surface area (Å²) in [7, 11) is 0. The molecule has 0 aliphatic carbocycles. The third-order valence-corrected chi connectivity index (χ3v) is 4.87. The van der Waals surface area contributed by atoms with Gasteiger partial charge in [-0.3, -0.25) is 14.6 Å². The van der Waals surface area contributed by atoms with E-state index in [-0.39, 0.29) is 11.6 Å². The van der Waals surface area contributed by atoms with Gasteiger partial charge in [0.15, 0.2) is 0 Å². The van der Waals surface area contributed by atoms with Crippen LogP contribution in [0.2, 0.25) is 10.0 Å². The number of halogens is 2. The zero-order valence-corrected chi connectivity index (χ0v) is 15.7. The first kappa shape index (κ1) is 18.7. The molecule has 1 aliphatic rings. The lowest BCUT2D eigenvalue weighted by Crippen LogP contribution is -2.32. The number of carbonyl (C=O) groups excluding carboxylic acids is 2. The summed E-state index contributed by atoms with van der Waals surface area (Å²) in [6.45, 7) is 1.50.